The number of fused-ring (bicyclic) bond motifs is 1. The van der Waals surface area contributed by atoms with Crippen molar-refractivity contribution in [1.29, 1.82) is 0 Å². The fourth-order valence-corrected chi connectivity index (χ4v) is 4.69. The highest BCUT2D eigenvalue weighted by Crippen LogP contribution is 2.27. The Bertz CT molecular complexity index is 1090. The Morgan fingerprint density at radius 2 is 2.03 bits per heavy atom. The summed E-state index contributed by atoms with van der Waals surface area (Å²) in [5.41, 5.74) is 6.16. The van der Waals surface area contributed by atoms with Crippen LogP contribution < -0.4 is 10.6 Å². The Labute approximate surface area is 186 Å². The van der Waals surface area contributed by atoms with Gasteiger partial charge in [0.1, 0.15) is 6.04 Å². The highest BCUT2D eigenvalue weighted by molar-refractivity contribution is 5.85. The van der Waals surface area contributed by atoms with Crippen molar-refractivity contribution < 1.29 is 9.21 Å². The summed E-state index contributed by atoms with van der Waals surface area (Å²) >= 11 is 0. The number of hydrogen-bond donors (Lipinski definition) is 1. The van der Waals surface area contributed by atoms with Gasteiger partial charge in [0.25, 0.3) is 5.78 Å². The van der Waals surface area contributed by atoms with Crippen LogP contribution in [-0.2, 0) is 4.79 Å². The van der Waals surface area contributed by atoms with E-state index in [1.807, 2.05) is 9.80 Å². The number of nitrogens with two attached hydrogens (primary N) is 1. The zero-order chi connectivity index (χ0) is 22.2. The van der Waals surface area contributed by atoms with Crippen molar-refractivity contribution in [2.45, 2.75) is 44.7 Å². The number of carbonyl (C=O) groups is 1. The average Bonchev–Trinajstić information content (AvgIpc) is 3.58. The second-order valence-corrected chi connectivity index (χ2v) is 8.49. The van der Waals surface area contributed by atoms with E-state index in [4.69, 9.17) is 10.2 Å². The highest BCUT2D eigenvalue weighted by atomic mass is 16.3. The van der Waals surface area contributed by atoms with Gasteiger partial charge in [-0.05, 0) is 51.4 Å². The van der Waals surface area contributed by atoms with Gasteiger partial charge in [-0.2, -0.15) is 19.5 Å². The lowest BCUT2D eigenvalue weighted by atomic mass is 10.0. The number of amides is 1. The molecule has 3 aromatic rings. The fourth-order valence-electron chi connectivity index (χ4n) is 4.69. The van der Waals surface area contributed by atoms with E-state index >= 15 is 0 Å². The molecular weight excluding hydrogens is 410 g/mol. The summed E-state index contributed by atoms with van der Waals surface area (Å²) in [7, 11) is 2.15. The summed E-state index contributed by atoms with van der Waals surface area (Å²) in [5, 5.41) is 4.34. The molecule has 0 saturated carbocycles. The van der Waals surface area contributed by atoms with Crippen molar-refractivity contribution in [3.05, 3.63) is 18.4 Å². The molecule has 5 heterocycles. The standard InChI is InChI=1S/C21H29N9O2/c1-3-27(2)14-8-11-28(12-9-14)18(31)15-6-4-10-29(15)20-24-19(22)30-21(25-20)23-17(26-30)16-7-5-13-32-16/h5,7,13-15H,3-4,6,8-12H2,1-2H3,(H2,22,23,24,25,26)/t15-/m0/s1. The molecule has 0 bridgehead atoms. The van der Waals surface area contributed by atoms with Crippen LogP contribution in [0.3, 0.4) is 0 Å². The Kier molecular flexibility index (Phi) is 5.41. The number of nitrogens with zero attached hydrogens (tertiary/aromatic N) is 8. The van der Waals surface area contributed by atoms with Gasteiger partial charge in [-0.1, -0.05) is 6.92 Å². The van der Waals surface area contributed by atoms with E-state index in [1.165, 1.54) is 4.52 Å². The molecule has 2 saturated heterocycles. The van der Waals surface area contributed by atoms with Gasteiger partial charge in [0, 0.05) is 25.7 Å². The number of rotatable bonds is 5. The van der Waals surface area contributed by atoms with Crippen LogP contribution >= 0.6 is 0 Å². The zero-order valence-electron chi connectivity index (χ0n) is 18.5. The molecule has 170 valence electrons. The Morgan fingerprint density at radius 3 is 2.75 bits per heavy atom. The molecule has 0 aromatic carbocycles. The number of nitrogen functional groups attached to an aromatic ring is 1. The van der Waals surface area contributed by atoms with Crippen molar-refractivity contribution >= 4 is 23.6 Å². The number of piperidine rings is 1. The van der Waals surface area contributed by atoms with Crippen LogP contribution in [-0.4, -0.2) is 85.6 Å². The van der Waals surface area contributed by atoms with Crippen molar-refractivity contribution in [3.8, 4) is 11.6 Å². The smallest absolute Gasteiger partial charge is 0.259 e. The lowest BCUT2D eigenvalue weighted by Crippen LogP contribution is -2.51. The van der Waals surface area contributed by atoms with Crippen LogP contribution in [0.4, 0.5) is 11.9 Å². The van der Waals surface area contributed by atoms with Gasteiger partial charge < -0.3 is 24.9 Å². The molecule has 5 rings (SSSR count). The molecule has 11 nitrogen and oxygen atoms in total. The van der Waals surface area contributed by atoms with Crippen LogP contribution in [0.25, 0.3) is 17.4 Å². The normalized spacial score (nSPS) is 20.0. The molecule has 0 radical (unpaired) electrons. The third kappa shape index (κ3) is 3.66. The van der Waals surface area contributed by atoms with E-state index in [-0.39, 0.29) is 17.9 Å². The van der Waals surface area contributed by atoms with Crippen LogP contribution in [0.5, 0.6) is 0 Å². The van der Waals surface area contributed by atoms with Crippen LogP contribution in [0.1, 0.15) is 32.6 Å². The summed E-state index contributed by atoms with van der Waals surface area (Å²) in [6.07, 6.45) is 5.27. The van der Waals surface area contributed by atoms with Crippen LogP contribution in [0, 0.1) is 0 Å². The number of carbonyl (C=O) groups excluding carboxylic acids is 1. The molecule has 2 fully saturated rings. The third-order valence-corrected chi connectivity index (χ3v) is 6.66. The van der Waals surface area contributed by atoms with Gasteiger partial charge in [-0.25, -0.2) is 0 Å². The summed E-state index contributed by atoms with van der Waals surface area (Å²) in [6, 6.07) is 3.82. The SMILES string of the molecule is CCN(C)C1CCN(C(=O)[C@@H]2CCCN2c2nc(N)n3nc(-c4ccco4)nc3n2)CC1. The van der Waals surface area contributed by atoms with E-state index in [2.05, 4.69) is 38.9 Å². The minimum atomic E-state index is -0.273. The molecular formula is C21H29N9O2. The van der Waals surface area contributed by atoms with Crippen molar-refractivity contribution in [3.63, 3.8) is 0 Å². The van der Waals surface area contributed by atoms with Crippen molar-refractivity contribution in [1.82, 2.24) is 34.4 Å². The quantitative estimate of drug-likeness (QED) is 0.626. The first-order valence-corrected chi connectivity index (χ1v) is 11.2. The number of likely N-dealkylation sites (tertiary alicyclic amines) is 1. The molecule has 11 heteroatoms. The molecule has 2 N–H and O–H groups in total. The van der Waals surface area contributed by atoms with E-state index in [0.29, 0.717) is 35.9 Å². The summed E-state index contributed by atoms with van der Waals surface area (Å²) in [5.74, 6) is 2.01. The first kappa shape index (κ1) is 20.7. The van der Waals surface area contributed by atoms with Crippen LogP contribution in [0.15, 0.2) is 22.8 Å². The second kappa shape index (κ2) is 8.38. The molecule has 1 atom stereocenters. The van der Waals surface area contributed by atoms with Crippen LogP contribution in [0.2, 0.25) is 0 Å². The number of furan rings is 1. The number of hydrogen-bond acceptors (Lipinski definition) is 9. The maximum Gasteiger partial charge on any atom is 0.259 e. The molecule has 3 aromatic heterocycles. The topological polar surface area (TPSA) is 122 Å². The fraction of sp³-hybridized carbons (Fsp3) is 0.571. The van der Waals surface area contributed by atoms with Gasteiger partial charge in [-0.15, -0.1) is 5.10 Å². The number of aromatic nitrogens is 5. The van der Waals surface area contributed by atoms with Gasteiger partial charge >= 0.3 is 0 Å². The average molecular weight is 440 g/mol. The molecule has 0 unspecified atom stereocenters. The molecule has 0 spiro atoms. The van der Waals surface area contributed by atoms with Crippen molar-refractivity contribution in [2.75, 3.05) is 43.9 Å². The van der Waals surface area contributed by atoms with E-state index < -0.39 is 0 Å². The van der Waals surface area contributed by atoms with E-state index in [9.17, 15) is 4.79 Å². The minimum Gasteiger partial charge on any atom is -0.461 e. The molecule has 0 aliphatic carbocycles. The molecule has 1 amide bonds. The lowest BCUT2D eigenvalue weighted by molar-refractivity contribution is -0.134. The maximum absolute atomic E-state index is 13.4. The van der Waals surface area contributed by atoms with Gasteiger partial charge in [0.2, 0.25) is 23.6 Å². The second-order valence-electron chi connectivity index (χ2n) is 8.49. The Balaban J connectivity index is 1.35. The first-order chi connectivity index (χ1) is 15.5. The minimum absolute atomic E-state index is 0.153. The molecule has 2 aliphatic heterocycles. The van der Waals surface area contributed by atoms with Gasteiger partial charge in [-0.3, -0.25) is 4.79 Å². The predicted molar refractivity (Wildman–Crippen MR) is 119 cm³/mol. The molecule has 32 heavy (non-hydrogen) atoms. The first-order valence-electron chi connectivity index (χ1n) is 11.2. The maximum atomic E-state index is 13.4. The summed E-state index contributed by atoms with van der Waals surface area (Å²) < 4.78 is 6.77. The van der Waals surface area contributed by atoms with Gasteiger partial charge in [0.15, 0.2) is 5.76 Å². The van der Waals surface area contributed by atoms with E-state index in [0.717, 1.165) is 45.3 Å². The Morgan fingerprint density at radius 1 is 1.22 bits per heavy atom. The molecule has 2 aliphatic rings. The lowest BCUT2D eigenvalue weighted by Gasteiger charge is -2.38. The predicted octanol–water partition coefficient (Wildman–Crippen LogP) is 1.27. The zero-order valence-corrected chi connectivity index (χ0v) is 18.5. The summed E-state index contributed by atoms with van der Waals surface area (Å²) in [6.45, 7) is 5.48. The monoisotopic (exact) mass is 439 g/mol. The third-order valence-electron chi connectivity index (χ3n) is 6.66. The van der Waals surface area contributed by atoms with Gasteiger partial charge in [0.05, 0.1) is 6.26 Å². The highest BCUT2D eigenvalue weighted by Gasteiger charge is 2.37. The van der Waals surface area contributed by atoms with Crippen molar-refractivity contribution in [2.24, 2.45) is 0 Å². The largest absolute Gasteiger partial charge is 0.461 e. The summed E-state index contributed by atoms with van der Waals surface area (Å²) in [4.78, 5) is 33.2. The van der Waals surface area contributed by atoms with E-state index in [1.54, 1.807) is 18.4 Å². The number of anilines is 2. The Hall–Kier alpha value is -3.21.